The first-order valence-corrected chi connectivity index (χ1v) is 7.08. The summed E-state index contributed by atoms with van der Waals surface area (Å²) in [5.74, 6) is 0.905. The second-order valence-electron chi connectivity index (χ2n) is 4.98. The number of nitrogens with zero attached hydrogens (tertiary/aromatic N) is 5. The molecule has 0 spiro atoms. The second kappa shape index (κ2) is 5.65. The minimum atomic E-state index is 0.186. The minimum absolute atomic E-state index is 0.186. The van der Waals surface area contributed by atoms with Crippen molar-refractivity contribution < 1.29 is 0 Å². The Morgan fingerprint density at radius 3 is 2.86 bits per heavy atom. The summed E-state index contributed by atoms with van der Waals surface area (Å²) in [7, 11) is 0. The van der Waals surface area contributed by atoms with Crippen molar-refractivity contribution in [2.24, 2.45) is 0 Å². The van der Waals surface area contributed by atoms with Crippen LogP contribution in [0.25, 0.3) is 5.65 Å². The summed E-state index contributed by atoms with van der Waals surface area (Å²) in [6.45, 7) is 4.72. The van der Waals surface area contributed by atoms with Crippen LogP contribution in [0.4, 0.5) is 5.82 Å². The van der Waals surface area contributed by atoms with Crippen molar-refractivity contribution in [1.82, 2.24) is 24.6 Å². The molecule has 0 aliphatic rings. The third-order valence-corrected chi connectivity index (χ3v) is 3.28. The fraction of sp³-hybridized carbons (Fsp3) is 0.286. The Bertz CT molecular complexity index is 753. The average molecular weight is 303 g/mol. The van der Waals surface area contributed by atoms with Crippen LogP contribution in [-0.2, 0) is 6.54 Å². The van der Waals surface area contributed by atoms with Gasteiger partial charge in [-0.05, 0) is 29.7 Å². The topological polar surface area (TPSA) is 68.0 Å². The lowest BCUT2D eigenvalue weighted by Crippen LogP contribution is -2.08. The van der Waals surface area contributed by atoms with Crippen LogP contribution >= 0.6 is 11.6 Å². The lowest BCUT2D eigenvalue weighted by Gasteiger charge is -2.08. The monoisotopic (exact) mass is 302 g/mol. The van der Waals surface area contributed by atoms with Gasteiger partial charge in [0.15, 0.2) is 11.5 Å². The molecule has 0 atom stereocenters. The Labute approximate surface area is 127 Å². The molecule has 1 N–H and O–H groups in total. The van der Waals surface area contributed by atoms with E-state index in [0.29, 0.717) is 23.9 Å². The Morgan fingerprint density at radius 1 is 1.29 bits per heavy atom. The third-order valence-electron chi connectivity index (χ3n) is 3.12. The van der Waals surface area contributed by atoms with Gasteiger partial charge >= 0.3 is 0 Å². The molecule has 0 radical (unpaired) electrons. The number of rotatable bonds is 4. The number of fused-ring (bicyclic) bond motifs is 1. The van der Waals surface area contributed by atoms with Crippen LogP contribution in [0.2, 0.25) is 5.28 Å². The summed E-state index contributed by atoms with van der Waals surface area (Å²) in [4.78, 5) is 12.9. The summed E-state index contributed by atoms with van der Waals surface area (Å²) in [6, 6.07) is 5.77. The molecule has 21 heavy (non-hydrogen) atoms. The normalized spacial score (nSPS) is 11.2. The number of nitrogens with one attached hydrogen (secondary N) is 1. The molecule has 3 aromatic heterocycles. The molecule has 3 heterocycles. The molecule has 0 saturated carbocycles. The Morgan fingerprint density at radius 2 is 2.14 bits per heavy atom. The zero-order valence-electron chi connectivity index (χ0n) is 11.8. The number of halogens is 1. The van der Waals surface area contributed by atoms with Crippen molar-refractivity contribution in [3.63, 3.8) is 0 Å². The van der Waals surface area contributed by atoms with Crippen LogP contribution in [0.3, 0.4) is 0 Å². The van der Waals surface area contributed by atoms with Gasteiger partial charge < -0.3 is 5.32 Å². The van der Waals surface area contributed by atoms with Crippen molar-refractivity contribution in [2.75, 3.05) is 5.32 Å². The zero-order chi connectivity index (χ0) is 14.8. The molecular weight excluding hydrogens is 288 g/mol. The smallest absolute Gasteiger partial charge is 0.243 e. The Balaban J connectivity index is 1.95. The Hall–Kier alpha value is -2.21. The fourth-order valence-electron chi connectivity index (χ4n) is 2.06. The molecule has 6 nitrogen and oxygen atoms in total. The second-order valence-corrected chi connectivity index (χ2v) is 5.32. The van der Waals surface area contributed by atoms with Gasteiger partial charge in [0.2, 0.25) is 5.28 Å². The summed E-state index contributed by atoms with van der Waals surface area (Å²) in [5, 5.41) is 7.63. The van der Waals surface area contributed by atoms with Gasteiger partial charge in [0, 0.05) is 6.20 Å². The van der Waals surface area contributed by atoms with E-state index in [9.17, 15) is 0 Å². The molecule has 0 aromatic carbocycles. The van der Waals surface area contributed by atoms with Gasteiger partial charge in [-0.25, -0.2) is 9.50 Å². The van der Waals surface area contributed by atoms with Gasteiger partial charge in [-0.2, -0.15) is 4.98 Å². The van der Waals surface area contributed by atoms with E-state index in [-0.39, 0.29) is 5.28 Å². The van der Waals surface area contributed by atoms with E-state index in [1.807, 2.05) is 18.2 Å². The van der Waals surface area contributed by atoms with E-state index in [1.54, 1.807) is 16.9 Å². The van der Waals surface area contributed by atoms with Crippen molar-refractivity contribution in [3.05, 3.63) is 47.3 Å². The minimum Gasteiger partial charge on any atom is -0.361 e. The van der Waals surface area contributed by atoms with E-state index in [1.165, 1.54) is 0 Å². The van der Waals surface area contributed by atoms with Gasteiger partial charge in [0.05, 0.1) is 24.1 Å². The molecule has 0 aliphatic carbocycles. The van der Waals surface area contributed by atoms with E-state index in [2.05, 4.69) is 39.2 Å². The average Bonchev–Trinajstić information content (AvgIpc) is 2.89. The number of hydrogen-bond donors (Lipinski definition) is 1. The highest BCUT2D eigenvalue weighted by Gasteiger charge is 2.14. The summed E-state index contributed by atoms with van der Waals surface area (Å²) in [6.07, 6.45) is 3.56. The number of pyridine rings is 1. The van der Waals surface area contributed by atoms with Crippen molar-refractivity contribution in [1.29, 1.82) is 0 Å². The van der Waals surface area contributed by atoms with E-state index < -0.39 is 0 Å². The van der Waals surface area contributed by atoms with E-state index >= 15 is 0 Å². The molecule has 0 aliphatic heterocycles. The quantitative estimate of drug-likeness (QED) is 0.802. The first-order chi connectivity index (χ1) is 10.1. The first-order valence-electron chi connectivity index (χ1n) is 6.70. The molecule has 0 unspecified atom stereocenters. The lowest BCUT2D eigenvalue weighted by atomic mass is 10.2. The highest BCUT2D eigenvalue weighted by Crippen LogP contribution is 2.21. The highest BCUT2D eigenvalue weighted by molar-refractivity contribution is 6.28. The van der Waals surface area contributed by atoms with Gasteiger partial charge in [0.1, 0.15) is 0 Å². The van der Waals surface area contributed by atoms with Crippen LogP contribution in [0.5, 0.6) is 0 Å². The Kier molecular flexibility index (Phi) is 3.70. The predicted molar refractivity (Wildman–Crippen MR) is 81.4 cm³/mol. The standard InChI is InChI=1S/C14H15ClN6/c1-9(2)11-8-18-13-12(19-14(15)20-21(11)13)17-7-10-5-3-4-6-16-10/h3-6,8-9H,7H2,1-2H3,(H,17,19,20). The van der Waals surface area contributed by atoms with Crippen molar-refractivity contribution in [2.45, 2.75) is 26.3 Å². The SMILES string of the molecule is CC(C)c1cnc2c(NCc3ccccn3)nc(Cl)nn12. The van der Waals surface area contributed by atoms with Crippen LogP contribution in [0.1, 0.15) is 31.2 Å². The van der Waals surface area contributed by atoms with Gasteiger partial charge in [-0.1, -0.05) is 19.9 Å². The highest BCUT2D eigenvalue weighted by atomic mass is 35.5. The number of hydrogen-bond acceptors (Lipinski definition) is 5. The molecule has 7 heteroatoms. The van der Waals surface area contributed by atoms with Gasteiger partial charge in [-0.3, -0.25) is 4.98 Å². The van der Waals surface area contributed by atoms with Crippen LogP contribution in [-0.4, -0.2) is 24.6 Å². The van der Waals surface area contributed by atoms with E-state index in [0.717, 1.165) is 11.4 Å². The first kappa shape index (κ1) is 13.8. The predicted octanol–water partition coefficient (Wildman–Crippen LogP) is 2.91. The molecule has 3 rings (SSSR count). The number of anilines is 1. The number of aromatic nitrogens is 5. The van der Waals surface area contributed by atoms with Crippen molar-refractivity contribution >= 4 is 23.1 Å². The molecule has 0 amide bonds. The maximum Gasteiger partial charge on any atom is 0.243 e. The largest absolute Gasteiger partial charge is 0.361 e. The molecule has 0 bridgehead atoms. The zero-order valence-corrected chi connectivity index (χ0v) is 12.5. The van der Waals surface area contributed by atoms with E-state index in [4.69, 9.17) is 11.6 Å². The molecule has 108 valence electrons. The lowest BCUT2D eigenvalue weighted by molar-refractivity contribution is 0.751. The molecule has 0 saturated heterocycles. The van der Waals surface area contributed by atoms with Crippen LogP contribution in [0, 0.1) is 0 Å². The third kappa shape index (κ3) is 2.80. The van der Waals surface area contributed by atoms with Crippen LogP contribution < -0.4 is 5.32 Å². The molecular formula is C14H15ClN6. The molecule has 3 aromatic rings. The fourth-order valence-corrected chi connectivity index (χ4v) is 2.22. The summed E-state index contributed by atoms with van der Waals surface area (Å²) >= 11 is 6.01. The van der Waals surface area contributed by atoms with Crippen LogP contribution in [0.15, 0.2) is 30.6 Å². The molecule has 0 fully saturated rings. The van der Waals surface area contributed by atoms with Gasteiger partial charge in [-0.15, -0.1) is 5.10 Å². The maximum absolute atomic E-state index is 6.01. The number of imidazole rings is 1. The summed E-state index contributed by atoms with van der Waals surface area (Å²) < 4.78 is 1.74. The maximum atomic E-state index is 6.01. The van der Waals surface area contributed by atoms with Gasteiger partial charge in [0.25, 0.3) is 0 Å². The van der Waals surface area contributed by atoms with Crippen molar-refractivity contribution in [3.8, 4) is 0 Å². The summed E-state index contributed by atoms with van der Waals surface area (Å²) in [5.41, 5.74) is 2.58.